The second-order valence-corrected chi connectivity index (χ2v) is 5.99. The molecule has 1 aliphatic carbocycles. The summed E-state index contributed by atoms with van der Waals surface area (Å²) in [6.45, 7) is 4.15. The highest BCUT2D eigenvalue weighted by atomic mass is 19.1. The summed E-state index contributed by atoms with van der Waals surface area (Å²) in [5, 5.41) is 20.2. The number of rotatable bonds is 5. The average Bonchev–Trinajstić information content (AvgIpc) is 3.12. The van der Waals surface area contributed by atoms with E-state index in [0.717, 1.165) is 18.1 Å². The Balaban J connectivity index is 1.63. The van der Waals surface area contributed by atoms with E-state index in [9.17, 15) is 9.50 Å². The molecule has 0 saturated heterocycles. The minimum Gasteiger partial charge on any atom is -0.393 e. The maximum atomic E-state index is 14.1. The first-order valence-electron chi connectivity index (χ1n) is 7.88. The lowest BCUT2D eigenvalue weighted by molar-refractivity contribution is 0.137. The normalized spacial score (nSPS) is 24.1. The number of anilines is 1. The smallest absolute Gasteiger partial charge is 0.186 e. The van der Waals surface area contributed by atoms with Gasteiger partial charge in [0.05, 0.1) is 11.8 Å². The number of nitrogens with zero attached hydrogens (tertiary/aromatic N) is 4. The van der Waals surface area contributed by atoms with Gasteiger partial charge in [-0.15, -0.1) is 0 Å². The second kappa shape index (κ2) is 6.57. The number of H-pyrrole nitrogens is 1. The van der Waals surface area contributed by atoms with Gasteiger partial charge in [-0.1, -0.05) is 6.92 Å². The lowest BCUT2D eigenvalue weighted by atomic mass is 10.0. The van der Waals surface area contributed by atoms with Crippen molar-refractivity contribution in [2.75, 3.05) is 11.9 Å². The molecule has 0 aliphatic heterocycles. The summed E-state index contributed by atoms with van der Waals surface area (Å²) in [5.74, 6) is 1.43. The van der Waals surface area contributed by atoms with Gasteiger partial charge in [-0.3, -0.25) is 5.10 Å². The number of halogens is 1. The van der Waals surface area contributed by atoms with Crippen molar-refractivity contribution >= 4 is 5.82 Å². The van der Waals surface area contributed by atoms with Gasteiger partial charge in [0.2, 0.25) is 0 Å². The van der Waals surface area contributed by atoms with Crippen molar-refractivity contribution in [2.45, 2.75) is 45.1 Å². The molecule has 1 aliphatic rings. The number of aryl methyl sites for hydroxylation is 2. The molecule has 0 aromatic carbocycles. The van der Waals surface area contributed by atoms with Crippen LogP contribution >= 0.6 is 0 Å². The Hall–Kier alpha value is -2.09. The molecule has 0 unspecified atom stereocenters. The summed E-state index contributed by atoms with van der Waals surface area (Å²) in [4.78, 5) is 12.2. The van der Waals surface area contributed by atoms with Crippen molar-refractivity contribution in [2.24, 2.45) is 5.92 Å². The molecule has 124 valence electrons. The molecule has 2 aromatic heterocycles. The Labute approximate surface area is 133 Å². The maximum absolute atomic E-state index is 14.1. The van der Waals surface area contributed by atoms with Crippen molar-refractivity contribution in [3.05, 3.63) is 29.5 Å². The molecule has 3 N–H and O–H groups in total. The molecular formula is C15H21FN6O. The molecule has 0 bridgehead atoms. The predicted molar refractivity (Wildman–Crippen MR) is 82.4 cm³/mol. The average molecular weight is 320 g/mol. The quantitative estimate of drug-likeness (QED) is 0.773. The zero-order valence-electron chi connectivity index (χ0n) is 13.3. The van der Waals surface area contributed by atoms with Gasteiger partial charge in [0.25, 0.3) is 0 Å². The van der Waals surface area contributed by atoms with E-state index in [0.29, 0.717) is 25.1 Å². The third-order valence-electron chi connectivity index (χ3n) is 4.37. The first-order valence-corrected chi connectivity index (χ1v) is 7.88. The van der Waals surface area contributed by atoms with Crippen LogP contribution < -0.4 is 5.32 Å². The molecule has 0 amide bonds. The van der Waals surface area contributed by atoms with E-state index in [1.807, 2.05) is 13.8 Å². The molecule has 3 rings (SSSR count). The zero-order chi connectivity index (χ0) is 16.4. The summed E-state index contributed by atoms with van der Waals surface area (Å²) in [6.07, 6.45) is 2.80. The van der Waals surface area contributed by atoms with Crippen LogP contribution in [0.25, 0.3) is 0 Å². The van der Waals surface area contributed by atoms with Gasteiger partial charge in [-0.2, -0.15) is 5.10 Å². The Kier molecular flexibility index (Phi) is 4.51. The molecule has 1 fully saturated rings. The highest BCUT2D eigenvalue weighted by Gasteiger charge is 2.35. The Morgan fingerprint density at radius 1 is 1.39 bits per heavy atom. The summed E-state index contributed by atoms with van der Waals surface area (Å²) in [5.41, 5.74) is 0.392. The highest BCUT2D eigenvalue weighted by Crippen LogP contribution is 2.37. The van der Waals surface area contributed by atoms with E-state index in [2.05, 4.69) is 30.5 Å². The third-order valence-corrected chi connectivity index (χ3v) is 4.37. The molecule has 1 saturated carbocycles. The second-order valence-electron chi connectivity index (χ2n) is 5.99. The first-order chi connectivity index (χ1) is 11.1. The van der Waals surface area contributed by atoms with Crippen LogP contribution in [0.15, 0.2) is 6.33 Å². The van der Waals surface area contributed by atoms with E-state index < -0.39 is 11.9 Å². The largest absolute Gasteiger partial charge is 0.393 e. The van der Waals surface area contributed by atoms with Crippen LogP contribution in [-0.2, 0) is 6.42 Å². The molecule has 23 heavy (non-hydrogen) atoms. The van der Waals surface area contributed by atoms with Crippen LogP contribution in [0.1, 0.15) is 43.0 Å². The van der Waals surface area contributed by atoms with Crippen LogP contribution in [-0.4, -0.2) is 42.9 Å². The Bertz CT molecular complexity index is 676. The number of aromatic nitrogens is 5. The third kappa shape index (κ3) is 3.31. The number of aromatic amines is 1. The molecule has 7 nitrogen and oxygen atoms in total. The maximum Gasteiger partial charge on any atom is 0.186 e. The molecule has 0 spiro atoms. The Morgan fingerprint density at radius 3 is 2.91 bits per heavy atom. The standard InChI is InChI=1S/C15H21FN6O/c1-3-11-13(16)15(19-7-18-11)17-6-10-4-9(5-12(10)23)14-20-8(2)21-22-14/h7,9-10,12,23H,3-6H2,1-2H3,(H,17,18,19)(H,20,21,22)/t9-,10+,12+/m0/s1. The van der Waals surface area contributed by atoms with Crippen molar-refractivity contribution in [1.82, 2.24) is 25.1 Å². The van der Waals surface area contributed by atoms with Crippen molar-refractivity contribution in [1.29, 1.82) is 0 Å². The summed E-state index contributed by atoms with van der Waals surface area (Å²) in [7, 11) is 0. The van der Waals surface area contributed by atoms with Gasteiger partial charge in [0, 0.05) is 18.4 Å². The van der Waals surface area contributed by atoms with Gasteiger partial charge < -0.3 is 10.4 Å². The predicted octanol–water partition coefficient (Wildman–Crippen LogP) is 1.57. The molecule has 3 atom stereocenters. The minimum absolute atomic E-state index is 0.0123. The van der Waals surface area contributed by atoms with Crippen LogP contribution in [0.2, 0.25) is 0 Å². The van der Waals surface area contributed by atoms with E-state index in [1.165, 1.54) is 6.33 Å². The van der Waals surface area contributed by atoms with Crippen LogP contribution in [0.4, 0.5) is 10.2 Å². The van der Waals surface area contributed by atoms with E-state index in [-0.39, 0.29) is 17.7 Å². The number of hydrogen-bond donors (Lipinski definition) is 3. The van der Waals surface area contributed by atoms with Gasteiger partial charge in [0.15, 0.2) is 17.5 Å². The van der Waals surface area contributed by atoms with Crippen molar-refractivity contribution in [3.8, 4) is 0 Å². The van der Waals surface area contributed by atoms with Crippen molar-refractivity contribution < 1.29 is 9.50 Å². The lowest BCUT2D eigenvalue weighted by Gasteiger charge is -2.16. The number of aliphatic hydroxyl groups is 1. The van der Waals surface area contributed by atoms with E-state index in [4.69, 9.17) is 0 Å². The fourth-order valence-corrected chi connectivity index (χ4v) is 3.08. The van der Waals surface area contributed by atoms with Crippen LogP contribution in [0.5, 0.6) is 0 Å². The molecule has 0 radical (unpaired) electrons. The van der Waals surface area contributed by atoms with Crippen LogP contribution in [0.3, 0.4) is 0 Å². The van der Waals surface area contributed by atoms with E-state index >= 15 is 0 Å². The van der Waals surface area contributed by atoms with Gasteiger partial charge in [0.1, 0.15) is 12.2 Å². The SMILES string of the molecule is CCc1ncnc(NC[C@H]2C[C@H](c3n[nH]c(C)n3)C[C@H]2O)c1F. The summed E-state index contributed by atoms with van der Waals surface area (Å²) in [6, 6.07) is 0. The fourth-order valence-electron chi connectivity index (χ4n) is 3.08. The molecule has 8 heteroatoms. The minimum atomic E-state index is -0.457. The van der Waals surface area contributed by atoms with Crippen LogP contribution in [0, 0.1) is 18.7 Å². The monoisotopic (exact) mass is 320 g/mol. The first kappa shape index (κ1) is 15.8. The highest BCUT2D eigenvalue weighted by molar-refractivity contribution is 5.37. The number of hydrogen-bond acceptors (Lipinski definition) is 6. The van der Waals surface area contributed by atoms with Gasteiger partial charge in [-0.05, 0) is 26.2 Å². The molecule has 2 heterocycles. The lowest BCUT2D eigenvalue weighted by Crippen LogP contribution is -2.23. The number of nitrogens with one attached hydrogen (secondary N) is 2. The molecule has 2 aromatic rings. The summed E-state index contributed by atoms with van der Waals surface area (Å²) < 4.78 is 14.1. The van der Waals surface area contributed by atoms with Crippen molar-refractivity contribution in [3.63, 3.8) is 0 Å². The molecular weight excluding hydrogens is 299 g/mol. The fraction of sp³-hybridized carbons (Fsp3) is 0.600. The van der Waals surface area contributed by atoms with Gasteiger partial charge >= 0.3 is 0 Å². The summed E-state index contributed by atoms with van der Waals surface area (Å²) >= 11 is 0. The Morgan fingerprint density at radius 2 is 2.22 bits per heavy atom. The number of aliphatic hydroxyl groups excluding tert-OH is 1. The topological polar surface area (TPSA) is 99.6 Å². The van der Waals surface area contributed by atoms with Gasteiger partial charge in [-0.25, -0.2) is 19.3 Å². The zero-order valence-corrected chi connectivity index (χ0v) is 13.3. The van der Waals surface area contributed by atoms with E-state index in [1.54, 1.807) is 0 Å².